The number of hydrogen-bond acceptors (Lipinski definition) is 5. The molecular formula is C17H20F3N4O2S+. The predicted molar refractivity (Wildman–Crippen MR) is 94.5 cm³/mol. The largest absolute Gasteiger partial charge is 0.451 e. The van der Waals surface area contributed by atoms with Crippen LogP contribution in [0.25, 0.3) is 10.9 Å². The summed E-state index contributed by atoms with van der Waals surface area (Å²) >= 11 is 0. The zero-order valence-electron chi connectivity index (χ0n) is 14.5. The molecule has 3 heterocycles. The quantitative estimate of drug-likeness (QED) is 0.796. The summed E-state index contributed by atoms with van der Waals surface area (Å²) in [6.07, 6.45) is -3.95. The van der Waals surface area contributed by atoms with Crippen molar-refractivity contribution in [3.8, 4) is 0 Å². The Morgan fingerprint density at radius 3 is 2.44 bits per heavy atom. The van der Waals surface area contributed by atoms with Gasteiger partial charge in [0, 0.05) is 11.8 Å². The van der Waals surface area contributed by atoms with Gasteiger partial charge >= 0.3 is 6.18 Å². The van der Waals surface area contributed by atoms with Crippen molar-refractivity contribution in [2.45, 2.75) is 18.6 Å². The highest BCUT2D eigenvalue weighted by molar-refractivity contribution is 7.91. The second kappa shape index (κ2) is 6.59. The molecule has 146 valence electrons. The van der Waals surface area contributed by atoms with E-state index in [4.69, 9.17) is 0 Å². The van der Waals surface area contributed by atoms with Crippen LogP contribution in [0.5, 0.6) is 0 Å². The lowest BCUT2D eigenvalue weighted by atomic mass is 10.1. The van der Waals surface area contributed by atoms with Gasteiger partial charge in [-0.15, -0.1) is 0 Å². The molecule has 1 aromatic carbocycles. The molecule has 2 saturated heterocycles. The number of halogens is 3. The molecule has 2 aliphatic rings. The average Bonchev–Trinajstić information content (AvgIpc) is 3.00. The molecule has 1 atom stereocenters. The molecule has 1 aromatic heterocycles. The Balaban J connectivity index is 1.58. The number of alkyl halides is 3. The zero-order chi connectivity index (χ0) is 19.2. The van der Waals surface area contributed by atoms with E-state index in [2.05, 4.69) is 9.97 Å². The Bertz CT molecular complexity index is 956. The number of anilines is 1. The maximum atomic E-state index is 13.2. The highest BCUT2D eigenvalue weighted by Gasteiger charge is 2.39. The van der Waals surface area contributed by atoms with Gasteiger partial charge in [-0.05, 0) is 12.1 Å². The number of benzene rings is 1. The number of aromatic nitrogens is 2. The second-order valence-corrected chi connectivity index (χ2v) is 9.36. The first-order chi connectivity index (χ1) is 12.7. The number of para-hydroxylation sites is 1. The van der Waals surface area contributed by atoms with Crippen LogP contribution in [0.1, 0.15) is 12.2 Å². The van der Waals surface area contributed by atoms with Crippen molar-refractivity contribution in [3.05, 3.63) is 30.1 Å². The van der Waals surface area contributed by atoms with Gasteiger partial charge in [-0.2, -0.15) is 13.2 Å². The topological polar surface area (TPSA) is 67.6 Å². The molecule has 0 radical (unpaired) electrons. The van der Waals surface area contributed by atoms with Crippen molar-refractivity contribution >= 4 is 26.6 Å². The molecule has 2 aliphatic heterocycles. The summed E-state index contributed by atoms with van der Waals surface area (Å²) in [7, 11) is -2.94. The Hall–Kier alpha value is -1.94. The Morgan fingerprint density at radius 2 is 1.81 bits per heavy atom. The lowest BCUT2D eigenvalue weighted by Crippen LogP contribution is -3.18. The van der Waals surface area contributed by atoms with Crippen molar-refractivity contribution in [2.75, 3.05) is 42.6 Å². The van der Waals surface area contributed by atoms with Gasteiger partial charge in [0.15, 0.2) is 9.84 Å². The van der Waals surface area contributed by atoms with E-state index in [1.54, 1.807) is 24.3 Å². The van der Waals surface area contributed by atoms with E-state index in [1.807, 2.05) is 4.90 Å². The van der Waals surface area contributed by atoms with Crippen LogP contribution >= 0.6 is 0 Å². The van der Waals surface area contributed by atoms with Gasteiger partial charge in [0.2, 0.25) is 5.82 Å². The van der Waals surface area contributed by atoms with Crippen LogP contribution in [-0.2, 0) is 16.0 Å². The minimum absolute atomic E-state index is 0.0880. The fourth-order valence-corrected chi connectivity index (χ4v) is 5.78. The van der Waals surface area contributed by atoms with Crippen LogP contribution in [-0.4, -0.2) is 62.1 Å². The number of quaternary nitrogens is 1. The third-order valence-corrected chi connectivity index (χ3v) is 7.12. The van der Waals surface area contributed by atoms with Gasteiger partial charge in [0.25, 0.3) is 0 Å². The fraction of sp³-hybridized carbons (Fsp3) is 0.529. The van der Waals surface area contributed by atoms with Crippen LogP contribution < -0.4 is 9.80 Å². The number of sulfone groups is 1. The van der Waals surface area contributed by atoms with Crippen molar-refractivity contribution in [1.29, 1.82) is 0 Å². The van der Waals surface area contributed by atoms with E-state index in [9.17, 15) is 21.6 Å². The van der Waals surface area contributed by atoms with Crippen molar-refractivity contribution in [3.63, 3.8) is 0 Å². The van der Waals surface area contributed by atoms with Crippen molar-refractivity contribution in [2.24, 2.45) is 0 Å². The molecular weight excluding hydrogens is 381 g/mol. The number of nitrogens with one attached hydrogen (secondary N) is 1. The van der Waals surface area contributed by atoms with Crippen molar-refractivity contribution < 1.29 is 26.5 Å². The van der Waals surface area contributed by atoms with E-state index in [1.165, 1.54) is 4.90 Å². The summed E-state index contributed by atoms with van der Waals surface area (Å²) in [5.41, 5.74) is 0.270. The molecule has 0 saturated carbocycles. The Kier molecular flexibility index (Phi) is 4.50. The molecule has 2 aromatic rings. The maximum Gasteiger partial charge on any atom is 0.451 e. The third-order valence-electron chi connectivity index (χ3n) is 5.35. The van der Waals surface area contributed by atoms with Crippen molar-refractivity contribution in [1.82, 2.24) is 9.97 Å². The fourth-order valence-electron chi connectivity index (χ4n) is 3.96. The highest BCUT2D eigenvalue weighted by Crippen LogP contribution is 2.31. The first-order valence-electron chi connectivity index (χ1n) is 8.87. The Morgan fingerprint density at radius 1 is 1.11 bits per heavy atom. The molecule has 4 rings (SSSR count). The van der Waals surface area contributed by atoms with Gasteiger partial charge in [-0.25, -0.2) is 18.4 Å². The predicted octanol–water partition coefficient (Wildman–Crippen LogP) is 0.541. The van der Waals surface area contributed by atoms with Crippen LogP contribution in [0.2, 0.25) is 0 Å². The lowest BCUT2D eigenvalue weighted by Gasteiger charge is -2.36. The summed E-state index contributed by atoms with van der Waals surface area (Å²) in [4.78, 5) is 10.6. The van der Waals surface area contributed by atoms with Gasteiger partial charge in [0.1, 0.15) is 17.6 Å². The summed E-state index contributed by atoms with van der Waals surface area (Å²) < 4.78 is 63.0. The number of piperazine rings is 1. The summed E-state index contributed by atoms with van der Waals surface area (Å²) in [6, 6.07) is 6.79. The van der Waals surface area contributed by atoms with Gasteiger partial charge in [0.05, 0.1) is 37.4 Å². The zero-order valence-corrected chi connectivity index (χ0v) is 15.4. The van der Waals surface area contributed by atoms with E-state index in [0.29, 0.717) is 43.8 Å². The first-order valence-corrected chi connectivity index (χ1v) is 10.7. The third kappa shape index (κ3) is 3.73. The van der Waals surface area contributed by atoms with Gasteiger partial charge in [-0.1, -0.05) is 12.1 Å². The normalized spacial score (nSPS) is 23.8. The molecule has 10 heteroatoms. The smallest absolute Gasteiger partial charge is 0.345 e. The van der Waals surface area contributed by atoms with Crippen LogP contribution in [0.3, 0.4) is 0 Å². The molecule has 0 amide bonds. The maximum absolute atomic E-state index is 13.2. The SMILES string of the molecule is O=S1(=O)CC[C@H]([NH+]2CCN(c3nc(C(F)(F)F)nc4ccccc34)CC2)C1. The Labute approximate surface area is 154 Å². The highest BCUT2D eigenvalue weighted by atomic mass is 32.2. The van der Waals surface area contributed by atoms with E-state index in [-0.39, 0.29) is 23.1 Å². The van der Waals surface area contributed by atoms with Gasteiger partial charge < -0.3 is 9.80 Å². The standard InChI is InChI=1S/C17H19F3N4O2S/c18-17(19,20)16-21-14-4-2-1-3-13(14)15(22-16)24-8-6-23(7-9-24)12-5-10-27(25,26)11-12/h1-4,12H,5-11H2/p+1/t12-/m0/s1. The minimum atomic E-state index is -4.61. The molecule has 2 fully saturated rings. The van der Waals surface area contributed by atoms with Crippen LogP contribution in [0.4, 0.5) is 19.0 Å². The first kappa shape index (κ1) is 18.4. The molecule has 1 N–H and O–H groups in total. The minimum Gasteiger partial charge on any atom is -0.345 e. The molecule has 27 heavy (non-hydrogen) atoms. The summed E-state index contributed by atoms with van der Waals surface area (Å²) in [6.45, 7) is 2.42. The van der Waals surface area contributed by atoms with Crippen LogP contribution in [0, 0.1) is 0 Å². The van der Waals surface area contributed by atoms with Gasteiger partial charge in [-0.3, -0.25) is 0 Å². The average molecular weight is 401 g/mol. The molecule has 0 spiro atoms. The second-order valence-electron chi connectivity index (χ2n) is 7.13. The molecule has 0 unspecified atom stereocenters. The lowest BCUT2D eigenvalue weighted by molar-refractivity contribution is -0.922. The van der Waals surface area contributed by atoms with E-state index < -0.39 is 21.8 Å². The monoisotopic (exact) mass is 401 g/mol. The molecule has 6 nitrogen and oxygen atoms in total. The molecule has 0 aliphatic carbocycles. The number of nitrogens with zero attached hydrogens (tertiary/aromatic N) is 3. The van der Waals surface area contributed by atoms with Crippen LogP contribution in [0.15, 0.2) is 24.3 Å². The number of fused-ring (bicyclic) bond motifs is 1. The number of rotatable bonds is 2. The molecule has 0 bridgehead atoms. The summed E-state index contributed by atoms with van der Waals surface area (Å²) in [5, 5.41) is 0.595. The van der Waals surface area contributed by atoms with E-state index in [0.717, 1.165) is 0 Å². The number of hydrogen-bond donors (Lipinski definition) is 1. The van der Waals surface area contributed by atoms with E-state index >= 15 is 0 Å². The summed E-state index contributed by atoms with van der Waals surface area (Å²) in [5.74, 6) is -0.397.